The van der Waals surface area contributed by atoms with Crippen molar-refractivity contribution >= 4 is 23.0 Å². The number of benzene rings is 2. The van der Waals surface area contributed by atoms with Crippen molar-refractivity contribution in [3.05, 3.63) is 48.0 Å². The highest BCUT2D eigenvalue weighted by atomic mass is 19.4. The summed E-state index contributed by atoms with van der Waals surface area (Å²) < 4.78 is 45.5. The van der Waals surface area contributed by atoms with Crippen LogP contribution in [0.1, 0.15) is 19.4 Å². The lowest BCUT2D eigenvalue weighted by atomic mass is 9.99. The maximum Gasteiger partial charge on any atom is 0.416 e. The summed E-state index contributed by atoms with van der Waals surface area (Å²) in [5.41, 5.74) is 1.58. The second-order valence-corrected chi connectivity index (χ2v) is 8.15. The van der Waals surface area contributed by atoms with Gasteiger partial charge in [-0.25, -0.2) is 0 Å². The Balaban J connectivity index is 1.67. The number of carboxylic acid groups (broad SMARTS) is 1. The van der Waals surface area contributed by atoms with Crippen LogP contribution in [0.4, 0.5) is 30.2 Å². The number of hydrogen-bond donors (Lipinski definition) is 1. The lowest BCUT2D eigenvalue weighted by molar-refractivity contribution is -0.142. The first-order chi connectivity index (χ1) is 14.1. The minimum absolute atomic E-state index is 0.116. The van der Waals surface area contributed by atoms with E-state index < -0.39 is 17.7 Å². The summed E-state index contributed by atoms with van der Waals surface area (Å²) in [6, 6.07) is 11.2. The third kappa shape index (κ3) is 3.78. The Hall–Kier alpha value is -2.90. The maximum atomic E-state index is 13.2. The van der Waals surface area contributed by atoms with Gasteiger partial charge >= 0.3 is 12.1 Å². The van der Waals surface area contributed by atoms with Gasteiger partial charge in [0.05, 0.1) is 23.7 Å². The molecule has 1 fully saturated rings. The molecule has 8 heteroatoms. The minimum atomic E-state index is -4.44. The molecule has 2 aliphatic rings. The molecule has 0 aromatic heterocycles. The zero-order valence-electron chi connectivity index (χ0n) is 16.7. The number of rotatable bonds is 4. The van der Waals surface area contributed by atoms with E-state index in [1.165, 1.54) is 6.07 Å². The molecular formula is C22H23F3N2O3. The lowest BCUT2D eigenvalue weighted by Gasteiger charge is -2.40. The van der Waals surface area contributed by atoms with E-state index in [1.807, 2.05) is 47.9 Å². The van der Waals surface area contributed by atoms with Crippen LogP contribution >= 0.6 is 0 Å². The molecule has 160 valence electrons. The standard InChI is InChI=1S/C22H23F3N2O3/c1-13(2)20-12-27(18-7-6-15(22(23,24)25)8-19(18)30-20)17-5-3-4-16(9-17)26-10-14(11-26)21(28)29/h3-9,13-14,20H,10-12H2,1-2H3,(H,28,29). The summed E-state index contributed by atoms with van der Waals surface area (Å²) >= 11 is 0. The van der Waals surface area contributed by atoms with Gasteiger partial charge in [-0.15, -0.1) is 0 Å². The first-order valence-electron chi connectivity index (χ1n) is 9.86. The molecule has 0 bridgehead atoms. The summed E-state index contributed by atoms with van der Waals surface area (Å²) in [7, 11) is 0. The third-order valence-corrected chi connectivity index (χ3v) is 5.70. The second-order valence-electron chi connectivity index (χ2n) is 8.15. The quantitative estimate of drug-likeness (QED) is 0.772. The molecule has 1 atom stereocenters. The molecule has 0 spiro atoms. The number of hydrogen-bond acceptors (Lipinski definition) is 4. The number of nitrogens with zero attached hydrogens (tertiary/aromatic N) is 2. The first kappa shape index (κ1) is 20.4. The van der Waals surface area contributed by atoms with Crippen LogP contribution in [0.5, 0.6) is 5.75 Å². The number of fused-ring (bicyclic) bond motifs is 1. The highest BCUT2D eigenvalue weighted by Crippen LogP contribution is 2.43. The van der Waals surface area contributed by atoms with Crippen LogP contribution < -0.4 is 14.5 Å². The van der Waals surface area contributed by atoms with Crippen LogP contribution in [0.25, 0.3) is 0 Å². The maximum absolute atomic E-state index is 13.2. The van der Waals surface area contributed by atoms with Gasteiger partial charge in [0.2, 0.25) is 0 Å². The van der Waals surface area contributed by atoms with E-state index in [9.17, 15) is 18.0 Å². The summed E-state index contributed by atoms with van der Waals surface area (Å²) in [6.07, 6.45) is -4.70. The van der Waals surface area contributed by atoms with Gasteiger partial charge in [0, 0.05) is 24.5 Å². The minimum Gasteiger partial charge on any atom is -0.486 e. The van der Waals surface area contributed by atoms with Crippen LogP contribution in [-0.2, 0) is 11.0 Å². The molecular weight excluding hydrogens is 397 g/mol. The van der Waals surface area contributed by atoms with Crippen molar-refractivity contribution in [3.63, 3.8) is 0 Å². The highest BCUT2D eigenvalue weighted by Gasteiger charge is 2.36. The molecule has 1 N–H and O–H groups in total. The fraction of sp³-hybridized carbons (Fsp3) is 0.409. The van der Waals surface area contributed by atoms with Crippen LogP contribution in [0.15, 0.2) is 42.5 Å². The Morgan fingerprint density at radius 1 is 1.10 bits per heavy atom. The second kappa shape index (κ2) is 7.41. The smallest absolute Gasteiger partial charge is 0.416 e. The van der Waals surface area contributed by atoms with E-state index in [0.29, 0.717) is 25.3 Å². The number of alkyl halides is 3. The third-order valence-electron chi connectivity index (χ3n) is 5.70. The molecule has 2 aromatic rings. The molecule has 2 heterocycles. The van der Waals surface area contributed by atoms with E-state index in [2.05, 4.69) is 0 Å². The van der Waals surface area contributed by atoms with Crippen LogP contribution in [-0.4, -0.2) is 36.8 Å². The van der Waals surface area contributed by atoms with E-state index in [4.69, 9.17) is 9.84 Å². The molecule has 1 unspecified atom stereocenters. The fourth-order valence-corrected chi connectivity index (χ4v) is 3.78. The van der Waals surface area contributed by atoms with E-state index in [0.717, 1.165) is 23.5 Å². The monoisotopic (exact) mass is 420 g/mol. The van der Waals surface area contributed by atoms with Crippen molar-refractivity contribution in [1.29, 1.82) is 0 Å². The van der Waals surface area contributed by atoms with Gasteiger partial charge in [0.1, 0.15) is 11.9 Å². The van der Waals surface area contributed by atoms with Crippen molar-refractivity contribution < 1.29 is 27.8 Å². The van der Waals surface area contributed by atoms with Crippen molar-refractivity contribution in [2.75, 3.05) is 29.4 Å². The summed E-state index contributed by atoms with van der Waals surface area (Å²) in [6.45, 7) is 5.36. The predicted molar refractivity (Wildman–Crippen MR) is 107 cm³/mol. The Bertz CT molecular complexity index is 955. The topological polar surface area (TPSA) is 53.0 Å². The van der Waals surface area contributed by atoms with E-state index in [-0.39, 0.29) is 23.7 Å². The van der Waals surface area contributed by atoms with Crippen molar-refractivity contribution in [3.8, 4) is 5.75 Å². The molecule has 4 rings (SSSR count). The van der Waals surface area contributed by atoms with Crippen LogP contribution in [0.3, 0.4) is 0 Å². The van der Waals surface area contributed by atoms with Gasteiger partial charge in [-0.3, -0.25) is 4.79 Å². The number of aliphatic carboxylic acids is 1. The molecule has 0 amide bonds. The van der Waals surface area contributed by atoms with Gasteiger partial charge in [-0.2, -0.15) is 13.2 Å². The Labute approximate surface area is 172 Å². The van der Waals surface area contributed by atoms with Gasteiger partial charge < -0.3 is 19.6 Å². The predicted octanol–water partition coefficient (Wildman–Crippen LogP) is 4.78. The Morgan fingerprint density at radius 3 is 2.43 bits per heavy atom. The van der Waals surface area contributed by atoms with E-state index >= 15 is 0 Å². The molecule has 1 saturated heterocycles. The SMILES string of the molecule is CC(C)C1CN(c2cccc(N3CC(C(=O)O)C3)c2)c2ccc(C(F)(F)F)cc2O1. The van der Waals surface area contributed by atoms with Crippen LogP contribution in [0, 0.1) is 11.8 Å². The van der Waals surface area contributed by atoms with Gasteiger partial charge in [-0.1, -0.05) is 19.9 Å². The lowest BCUT2D eigenvalue weighted by Crippen LogP contribution is -2.50. The van der Waals surface area contributed by atoms with Gasteiger partial charge in [0.25, 0.3) is 0 Å². The molecule has 2 aliphatic heterocycles. The first-order valence-corrected chi connectivity index (χ1v) is 9.86. The number of ether oxygens (including phenoxy) is 1. The Morgan fingerprint density at radius 2 is 1.80 bits per heavy atom. The zero-order chi connectivity index (χ0) is 21.6. The largest absolute Gasteiger partial charge is 0.486 e. The summed E-state index contributed by atoms with van der Waals surface area (Å²) in [5.74, 6) is -0.839. The number of carbonyl (C=O) groups is 1. The van der Waals surface area contributed by atoms with Crippen molar-refractivity contribution in [1.82, 2.24) is 0 Å². The van der Waals surface area contributed by atoms with Gasteiger partial charge in [-0.05, 0) is 42.3 Å². The van der Waals surface area contributed by atoms with Crippen molar-refractivity contribution in [2.24, 2.45) is 11.8 Å². The number of halogens is 3. The molecule has 2 aromatic carbocycles. The molecule has 30 heavy (non-hydrogen) atoms. The Kier molecular flexibility index (Phi) is 5.03. The fourth-order valence-electron chi connectivity index (χ4n) is 3.78. The molecule has 0 saturated carbocycles. The normalized spacial score (nSPS) is 19.3. The zero-order valence-corrected chi connectivity index (χ0v) is 16.7. The molecule has 0 radical (unpaired) electrons. The molecule has 5 nitrogen and oxygen atoms in total. The highest BCUT2D eigenvalue weighted by molar-refractivity contribution is 5.77. The van der Waals surface area contributed by atoms with E-state index in [1.54, 1.807) is 0 Å². The average Bonchev–Trinajstić information content (AvgIpc) is 2.64. The molecule has 0 aliphatic carbocycles. The average molecular weight is 420 g/mol. The summed E-state index contributed by atoms with van der Waals surface area (Å²) in [5, 5.41) is 9.10. The summed E-state index contributed by atoms with van der Waals surface area (Å²) in [4.78, 5) is 15.0. The van der Waals surface area contributed by atoms with Crippen LogP contribution in [0.2, 0.25) is 0 Å². The number of anilines is 3. The van der Waals surface area contributed by atoms with Gasteiger partial charge in [0.15, 0.2) is 0 Å². The number of carboxylic acids is 1. The van der Waals surface area contributed by atoms with Crippen molar-refractivity contribution in [2.45, 2.75) is 26.1 Å².